The molecule has 0 aliphatic heterocycles. The van der Waals surface area contributed by atoms with Crippen LogP contribution < -0.4 is 0 Å². The first kappa shape index (κ1) is 11.5. The molecule has 82 valence electrons. The molecule has 0 bridgehead atoms. The maximum absolute atomic E-state index is 11.5. The van der Waals surface area contributed by atoms with Gasteiger partial charge in [-0.05, 0) is 13.8 Å². The van der Waals surface area contributed by atoms with Crippen LogP contribution in [0.4, 0.5) is 0 Å². The standard InChI is InChI=1S/C10H18O4/c1-5-14-8(11)9(2)6-10(7-9,12-3)13-4/h5-7H2,1-4H3. The van der Waals surface area contributed by atoms with Crippen molar-refractivity contribution in [3.8, 4) is 0 Å². The Balaban J connectivity index is 2.55. The van der Waals surface area contributed by atoms with E-state index in [1.165, 1.54) is 0 Å². The Labute approximate surface area is 84.5 Å². The molecular formula is C10H18O4. The molecule has 4 nitrogen and oxygen atoms in total. The predicted molar refractivity (Wildman–Crippen MR) is 50.7 cm³/mol. The van der Waals surface area contributed by atoms with Crippen LogP contribution in [0.3, 0.4) is 0 Å². The zero-order chi connectivity index (χ0) is 10.8. The first-order chi connectivity index (χ1) is 6.52. The van der Waals surface area contributed by atoms with E-state index in [2.05, 4.69) is 0 Å². The molecule has 0 saturated heterocycles. The third kappa shape index (κ3) is 1.77. The molecular weight excluding hydrogens is 184 g/mol. The van der Waals surface area contributed by atoms with Crippen LogP contribution in [0.5, 0.6) is 0 Å². The van der Waals surface area contributed by atoms with Gasteiger partial charge >= 0.3 is 5.97 Å². The Hall–Kier alpha value is -0.610. The normalized spacial score (nSPS) is 22.6. The van der Waals surface area contributed by atoms with Gasteiger partial charge in [0.05, 0.1) is 12.0 Å². The summed E-state index contributed by atoms with van der Waals surface area (Å²) in [5.74, 6) is -0.744. The van der Waals surface area contributed by atoms with E-state index in [4.69, 9.17) is 14.2 Å². The summed E-state index contributed by atoms with van der Waals surface area (Å²) in [6.07, 6.45) is 1.12. The van der Waals surface area contributed by atoms with Crippen molar-refractivity contribution in [3.05, 3.63) is 0 Å². The molecule has 0 radical (unpaired) electrons. The summed E-state index contributed by atoms with van der Waals surface area (Å²) < 4.78 is 15.4. The molecule has 14 heavy (non-hydrogen) atoms. The fraction of sp³-hybridized carbons (Fsp3) is 0.900. The first-order valence-corrected chi connectivity index (χ1v) is 4.79. The second-order valence-corrected chi connectivity index (χ2v) is 3.95. The van der Waals surface area contributed by atoms with Gasteiger partial charge in [-0.1, -0.05) is 0 Å². The van der Waals surface area contributed by atoms with Gasteiger partial charge in [-0.15, -0.1) is 0 Å². The highest BCUT2D eigenvalue weighted by atomic mass is 16.7. The molecule has 0 aromatic carbocycles. The summed E-state index contributed by atoms with van der Waals surface area (Å²) in [4.78, 5) is 11.5. The Bertz CT molecular complexity index is 212. The van der Waals surface area contributed by atoms with Crippen molar-refractivity contribution in [3.63, 3.8) is 0 Å². The highest BCUT2D eigenvalue weighted by molar-refractivity contribution is 5.78. The van der Waals surface area contributed by atoms with Crippen LogP contribution in [0, 0.1) is 5.41 Å². The average molecular weight is 202 g/mol. The lowest BCUT2D eigenvalue weighted by Gasteiger charge is -2.50. The second kappa shape index (κ2) is 3.87. The molecule has 1 saturated carbocycles. The summed E-state index contributed by atoms with van der Waals surface area (Å²) in [6, 6.07) is 0. The summed E-state index contributed by atoms with van der Waals surface area (Å²) in [5, 5.41) is 0. The SMILES string of the molecule is CCOC(=O)C1(C)CC(OC)(OC)C1. The Morgan fingerprint density at radius 2 is 1.79 bits per heavy atom. The Morgan fingerprint density at radius 1 is 1.29 bits per heavy atom. The molecule has 1 fully saturated rings. The number of carbonyl (C=O) groups excluding carboxylic acids is 1. The number of ether oxygens (including phenoxy) is 3. The molecule has 0 N–H and O–H groups in total. The lowest BCUT2D eigenvalue weighted by molar-refractivity contribution is -0.292. The monoisotopic (exact) mass is 202 g/mol. The third-order valence-corrected chi connectivity index (χ3v) is 2.83. The maximum Gasteiger partial charge on any atom is 0.312 e. The molecule has 0 aromatic heterocycles. The molecule has 0 unspecified atom stereocenters. The van der Waals surface area contributed by atoms with Crippen molar-refractivity contribution in [2.24, 2.45) is 5.41 Å². The van der Waals surface area contributed by atoms with E-state index >= 15 is 0 Å². The minimum absolute atomic E-state index is 0.162. The van der Waals surface area contributed by atoms with Gasteiger partial charge in [0.25, 0.3) is 0 Å². The molecule has 4 heteroatoms. The van der Waals surface area contributed by atoms with Gasteiger partial charge in [0.2, 0.25) is 0 Å². The van der Waals surface area contributed by atoms with Crippen LogP contribution >= 0.6 is 0 Å². The van der Waals surface area contributed by atoms with E-state index in [1.54, 1.807) is 21.1 Å². The summed E-state index contributed by atoms with van der Waals surface area (Å²) >= 11 is 0. The van der Waals surface area contributed by atoms with Crippen LogP contribution in [0.25, 0.3) is 0 Å². The van der Waals surface area contributed by atoms with E-state index in [1.807, 2.05) is 6.92 Å². The lowest BCUT2D eigenvalue weighted by atomic mass is 9.65. The number of hydrogen-bond acceptors (Lipinski definition) is 4. The zero-order valence-electron chi connectivity index (χ0n) is 9.25. The summed E-state index contributed by atoms with van der Waals surface area (Å²) in [7, 11) is 3.18. The number of esters is 1. The third-order valence-electron chi connectivity index (χ3n) is 2.83. The first-order valence-electron chi connectivity index (χ1n) is 4.79. The van der Waals surface area contributed by atoms with Gasteiger partial charge in [-0.2, -0.15) is 0 Å². The van der Waals surface area contributed by atoms with E-state index in [-0.39, 0.29) is 5.97 Å². The van der Waals surface area contributed by atoms with Crippen molar-refractivity contribution in [2.45, 2.75) is 32.5 Å². The molecule has 0 aromatic rings. The van der Waals surface area contributed by atoms with E-state index in [9.17, 15) is 4.79 Å². The van der Waals surface area contributed by atoms with Crippen molar-refractivity contribution in [2.75, 3.05) is 20.8 Å². The molecule has 1 aliphatic carbocycles. The van der Waals surface area contributed by atoms with Crippen LogP contribution in [0.2, 0.25) is 0 Å². The molecule has 0 amide bonds. The van der Waals surface area contributed by atoms with E-state index in [0.717, 1.165) is 0 Å². The largest absolute Gasteiger partial charge is 0.466 e. The molecule has 1 aliphatic rings. The lowest BCUT2D eigenvalue weighted by Crippen LogP contribution is -2.56. The predicted octanol–water partition coefficient (Wildman–Crippen LogP) is 1.34. The van der Waals surface area contributed by atoms with Crippen LogP contribution in [0.15, 0.2) is 0 Å². The Kier molecular flexibility index (Phi) is 3.17. The number of methoxy groups -OCH3 is 2. The van der Waals surface area contributed by atoms with Crippen molar-refractivity contribution >= 4 is 5.97 Å². The smallest absolute Gasteiger partial charge is 0.312 e. The number of carbonyl (C=O) groups is 1. The summed E-state index contributed by atoms with van der Waals surface area (Å²) in [5.41, 5.74) is -0.442. The zero-order valence-corrected chi connectivity index (χ0v) is 9.25. The van der Waals surface area contributed by atoms with Crippen molar-refractivity contribution in [1.82, 2.24) is 0 Å². The van der Waals surface area contributed by atoms with Crippen molar-refractivity contribution in [1.29, 1.82) is 0 Å². The highest BCUT2D eigenvalue weighted by Gasteiger charge is 2.58. The molecule has 0 heterocycles. The van der Waals surface area contributed by atoms with Crippen LogP contribution in [0.1, 0.15) is 26.7 Å². The maximum atomic E-state index is 11.5. The quantitative estimate of drug-likeness (QED) is 0.509. The molecule has 1 rings (SSSR count). The number of rotatable bonds is 4. The minimum Gasteiger partial charge on any atom is -0.466 e. The van der Waals surface area contributed by atoms with Gasteiger partial charge in [-0.3, -0.25) is 4.79 Å². The van der Waals surface area contributed by atoms with Crippen LogP contribution in [-0.4, -0.2) is 32.6 Å². The molecule has 0 atom stereocenters. The molecule has 0 spiro atoms. The average Bonchev–Trinajstić information content (AvgIpc) is 2.13. The topological polar surface area (TPSA) is 44.8 Å². The van der Waals surface area contributed by atoms with E-state index in [0.29, 0.717) is 19.4 Å². The van der Waals surface area contributed by atoms with Crippen LogP contribution in [-0.2, 0) is 19.0 Å². The highest BCUT2D eigenvalue weighted by Crippen LogP contribution is 2.51. The van der Waals surface area contributed by atoms with Gasteiger partial charge in [0.15, 0.2) is 5.79 Å². The fourth-order valence-corrected chi connectivity index (χ4v) is 1.96. The second-order valence-electron chi connectivity index (χ2n) is 3.95. The minimum atomic E-state index is -0.582. The number of hydrogen-bond donors (Lipinski definition) is 0. The van der Waals surface area contributed by atoms with E-state index < -0.39 is 11.2 Å². The van der Waals surface area contributed by atoms with Gasteiger partial charge in [-0.25, -0.2) is 0 Å². The Morgan fingerprint density at radius 3 is 2.14 bits per heavy atom. The van der Waals surface area contributed by atoms with Gasteiger partial charge in [0, 0.05) is 27.1 Å². The van der Waals surface area contributed by atoms with Gasteiger partial charge in [0.1, 0.15) is 0 Å². The summed E-state index contributed by atoms with van der Waals surface area (Å²) in [6.45, 7) is 4.10. The fourth-order valence-electron chi connectivity index (χ4n) is 1.96. The van der Waals surface area contributed by atoms with Gasteiger partial charge < -0.3 is 14.2 Å². The van der Waals surface area contributed by atoms with Crippen molar-refractivity contribution < 1.29 is 19.0 Å².